The van der Waals surface area contributed by atoms with Crippen molar-refractivity contribution in [3.63, 3.8) is 0 Å². The van der Waals surface area contributed by atoms with Crippen molar-refractivity contribution in [1.29, 1.82) is 5.41 Å². The van der Waals surface area contributed by atoms with Crippen LogP contribution in [0.4, 0.5) is 15.9 Å². The molecule has 3 aromatic heterocycles. The van der Waals surface area contributed by atoms with E-state index in [4.69, 9.17) is 5.41 Å². The van der Waals surface area contributed by atoms with E-state index in [0.29, 0.717) is 22.4 Å². The second-order valence-corrected chi connectivity index (χ2v) is 6.02. The average molecular weight is 361 g/mol. The Morgan fingerprint density at radius 2 is 1.96 bits per heavy atom. The predicted octanol–water partition coefficient (Wildman–Crippen LogP) is 3.86. The highest BCUT2D eigenvalue weighted by molar-refractivity contribution is 5.86. The van der Waals surface area contributed by atoms with Crippen LogP contribution in [-0.4, -0.2) is 26.3 Å². The Morgan fingerprint density at radius 3 is 2.74 bits per heavy atom. The summed E-state index contributed by atoms with van der Waals surface area (Å²) in [6.45, 7) is 0. The van der Waals surface area contributed by atoms with E-state index in [1.165, 1.54) is 18.5 Å². The molecule has 0 bridgehead atoms. The molecule has 0 fully saturated rings. The van der Waals surface area contributed by atoms with Gasteiger partial charge in [-0.3, -0.25) is 0 Å². The summed E-state index contributed by atoms with van der Waals surface area (Å²) in [5, 5.41) is 21.8. The van der Waals surface area contributed by atoms with Crippen molar-refractivity contribution in [3.8, 4) is 0 Å². The number of rotatable bonds is 5. The van der Waals surface area contributed by atoms with Gasteiger partial charge in [0.2, 0.25) is 0 Å². The molecule has 0 aliphatic rings. The number of pyridine rings is 2. The molecule has 134 valence electrons. The van der Waals surface area contributed by atoms with Crippen molar-refractivity contribution < 1.29 is 9.50 Å². The number of H-pyrrole nitrogens is 1. The zero-order valence-electron chi connectivity index (χ0n) is 14.1. The summed E-state index contributed by atoms with van der Waals surface area (Å²) in [7, 11) is 0. The molecule has 27 heavy (non-hydrogen) atoms. The summed E-state index contributed by atoms with van der Waals surface area (Å²) in [5.41, 5.74) is 1.60. The van der Waals surface area contributed by atoms with Crippen LogP contribution in [0.1, 0.15) is 16.7 Å². The number of hydrogen-bond donors (Lipinski definition) is 4. The molecule has 0 saturated carbocycles. The molecule has 0 aliphatic heterocycles. The van der Waals surface area contributed by atoms with E-state index >= 15 is 4.39 Å². The average Bonchev–Trinajstić information content (AvgIpc) is 3.14. The smallest absolute Gasteiger partial charge is 0.263 e. The third kappa shape index (κ3) is 3.04. The summed E-state index contributed by atoms with van der Waals surface area (Å²) in [4.78, 5) is 11.2. The van der Waals surface area contributed by atoms with Gasteiger partial charge in [-0.05, 0) is 30.3 Å². The minimum atomic E-state index is -2.78. The molecule has 3 heterocycles. The number of aliphatic hydroxyl groups is 1. The van der Waals surface area contributed by atoms with Gasteiger partial charge >= 0.3 is 0 Å². The van der Waals surface area contributed by atoms with Crippen molar-refractivity contribution in [2.75, 3.05) is 5.32 Å². The number of para-hydroxylation sites is 1. The second-order valence-electron chi connectivity index (χ2n) is 6.02. The maximum Gasteiger partial charge on any atom is 0.263 e. The Hall–Kier alpha value is -3.58. The van der Waals surface area contributed by atoms with Gasteiger partial charge < -0.3 is 20.8 Å². The zero-order valence-corrected chi connectivity index (χ0v) is 14.1. The Morgan fingerprint density at radius 1 is 1.15 bits per heavy atom. The van der Waals surface area contributed by atoms with E-state index in [9.17, 15) is 5.11 Å². The van der Waals surface area contributed by atoms with Crippen molar-refractivity contribution >= 4 is 28.8 Å². The molecule has 0 radical (unpaired) electrons. The Kier molecular flexibility index (Phi) is 4.13. The van der Waals surface area contributed by atoms with Crippen molar-refractivity contribution in [1.82, 2.24) is 15.0 Å². The Balaban J connectivity index is 1.74. The van der Waals surface area contributed by atoms with E-state index < -0.39 is 5.85 Å². The largest absolute Gasteiger partial charge is 0.354 e. The van der Waals surface area contributed by atoms with Gasteiger partial charge in [-0.15, -0.1) is 0 Å². The lowest BCUT2D eigenvalue weighted by Crippen LogP contribution is -2.21. The highest BCUT2D eigenvalue weighted by Crippen LogP contribution is 2.36. The van der Waals surface area contributed by atoms with Gasteiger partial charge in [0.15, 0.2) is 0 Å². The van der Waals surface area contributed by atoms with Crippen LogP contribution >= 0.6 is 0 Å². The monoisotopic (exact) mass is 361 g/mol. The maximum absolute atomic E-state index is 15.4. The first-order chi connectivity index (χ1) is 13.1. The first-order valence-corrected chi connectivity index (χ1v) is 8.26. The number of aromatic nitrogens is 3. The zero-order chi connectivity index (χ0) is 18.9. The third-order valence-corrected chi connectivity index (χ3v) is 4.30. The lowest BCUT2D eigenvalue weighted by Gasteiger charge is -2.20. The van der Waals surface area contributed by atoms with Crippen LogP contribution < -0.4 is 5.32 Å². The van der Waals surface area contributed by atoms with Gasteiger partial charge in [0.05, 0.1) is 0 Å². The van der Waals surface area contributed by atoms with Gasteiger partial charge in [-0.25, -0.2) is 14.4 Å². The summed E-state index contributed by atoms with van der Waals surface area (Å²) < 4.78 is 15.4. The molecule has 1 aromatic carbocycles. The van der Waals surface area contributed by atoms with Crippen molar-refractivity contribution in [2.45, 2.75) is 5.85 Å². The van der Waals surface area contributed by atoms with Gasteiger partial charge in [-0.1, -0.05) is 18.2 Å². The highest BCUT2D eigenvalue weighted by atomic mass is 19.2. The minimum absolute atomic E-state index is 0.0482. The molecule has 1 atom stereocenters. The van der Waals surface area contributed by atoms with Crippen LogP contribution in [0, 0.1) is 5.41 Å². The fourth-order valence-corrected chi connectivity index (χ4v) is 2.92. The van der Waals surface area contributed by atoms with E-state index in [-0.39, 0.29) is 11.1 Å². The SMILES string of the molecule is N=Cc1cc(C(O)(F)c2c[nH]c3ncccc23)cnc1Nc1ccccc1. The molecule has 7 heteroatoms. The third-order valence-electron chi connectivity index (χ3n) is 4.30. The number of anilines is 2. The van der Waals surface area contributed by atoms with E-state index in [2.05, 4.69) is 20.3 Å². The molecule has 4 N–H and O–H groups in total. The Labute approximate surface area is 154 Å². The normalized spacial score (nSPS) is 13.3. The minimum Gasteiger partial charge on any atom is -0.354 e. The Bertz CT molecular complexity index is 1110. The second kappa shape index (κ2) is 6.62. The van der Waals surface area contributed by atoms with Crippen molar-refractivity contribution in [3.05, 3.63) is 83.8 Å². The topological polar surface area (TPSA) is 97.7 Å². The van der Waals surface area contributed by atoms with Gasteiger partial charge in [0.1, 0.15) is 11.5 Å². The maximum atomic E-state index is 15.4. The first kappa shape index (κ1) is 16.9. The van der Waals surface area contributed by atoms with Crippen LogP contribution in [0.25, 0.3) is 11.0 Å². The van der Waals surface area contributed by atoms with E-state index in [1.54, 1.807) is 18.3 Å². The molecule has 6 nitrogen and oxygen atoms in total. The molecule has 4 rings (SSSR count). The number of fused-ring (bicyclic) bond motifs is 1. The van der Waals surface area contributed by atoms with Crippen LogP contribution in [0.2, 0.25) is 0 Å². The number of benzene rings is 1. The highest BCUT2D eigenvalue weighted by Gasteiger charge is 2.35. The molecule has 0 amide bonds. The molecule has 0 aliphatic carbocycles. The summed E-state index contributed by atoms with van der Waals surface area (Å²) >= 11 is 0. The number of aromatic amines is 1. The summed E-state index contributed by atoms with van der Waals surface area (Å²) in [6.07, 6.45) is 5.29. The van der Waals surface area contributed by atoms with E-state index in [1.807, 2.05) is 30.3 Å². The standard InChI is InChI=1S/C20H16FN5O/c21-20(27,17-12-25-19-16(17)7-4-8-23-19)14-9-13(10-22)18(24-11-14)26-15-5-2-1-3-6-15/h1-12,22,27H,(H,23,25)(H,24,26). The molecule has 4 aromatic rings. The summed E-state index contributed by atoms with van der Waals surface area (Å²) in [5.74, 6) is -2.38. The first-order valence-electron chi connectivity index (χ1n) is 8.26. The van der Waals surface area contributed by atoms with Crippen LogP contribution in [0.3, 0.4) is 0 Å². The fraction of sp³-hybridized carbons (Fsp3) is 0.0500. The number of alkyl halides is 1. The number of halogens is 1. The van der Waals surface area contributed by atoms with Gasteiger partial charge in [-0.2, -0.15) is 0 Å². The predicted molar refractivity (Wildman–Crippen MR) is 102 cm³/mol. The van der Waals surface area contributed by atoms with Crippen molar-refractivity contribution in [2.24, 2.45) is 0 Å². The lowest BCUT2D eigenvalue weighted by atomic mass is 9.99. The van der Waals surface area contributed by atoms with Crippen LogP contribution in [0.15, 0.2) is 67.1 Å². The molecule has 0 spiro atoms. The molecular formula is C20H16FN5O. The summed E-state index contributed by atoms with van der Waals surface area (Å²) in [6, 6.07) is 14.1. The van der Waals surface area contributed by atoms with Gasteiger partial charge in [0, 0.05) is 52.6 Å². The van der Waals surface area contributed by atoms with E-state index in [0.717, 1.165) is 11.9 Å². The molecule has 0 saturated heterocycles. The number of hydrogen-bond acceptors (Lipinski definition) is 5. The molecule has 1 unspecified atom stereocenters. The fourth-order valence-electron chi connectivity index (χ4n) is 2.92. The molecular weight excluding hydrogens is 345 g/mol. The number of nitrogens with zero attached hydrogens (tertiary/aromatic N) is 2. The number of nitrogens with one attached hydrogen (secondary N) is 3. The lowest BCUT2D eigenvalue weighted by molar-refractivity contribution is -0.0535. The quantitative estimate of drug-likeness (QED) is 0.406. The van der Waals surface area contributed by atoms with Crippen LogP contribution in [0.5, 0.6) is 0 Å². The van der Waals surface area contributed by atoms with Crippen LogP contribution in [-0.2, 0) is 5.85 Å². The van der Waals surface area contributed by atoms with Gasteiger partial charge in [0.25, 0.3) is 5.85 Å².